The zero-order valence-corrected chi connectivity index (χ0v) is 11.5. The summed E-state index contributed by atoms with van der Waals surface area (Å²) < 4.78 is 0. The minimum Gasteiger partial charge on any atom is -0.478 e. The van der Waals surface area contributed by atoms with E-state index in [2.05, 4.69) is 0 Å². The summed E-state index contributed by atoms with van der Waals surface area (Å²) in [4.78, 5) is 22.3. The molecule has 0 fully saturated rings. The molecule has 0 heterocycles. The molecular formula is C13H8ClNO4S. The van der Waals surface area contributed by atoms with Crippen LogP contribution in [0.3, 0.4) is 0 Å². The molecular weight excluding hydrogens is 302 g/mol. The molecule has 2 aromatic rings. The molecule has 5 nitrogen and oxygen atoms in total. The highest BCUT2D eigenvalue weighted by Crippen LogP contribution is 2.39. The zero-order valence-electron chi connectivity index (χ0n) is 9.95. The van der Waals surface area contributed by atoms with Crippen LogP contribution in [0.1, 0.15) is 10.4 Å². The number of nitrogens with zero attached hydrogens (tertiary/aromatic N) is 1. The third-order valence-electron chi connectivity index (χ3n) is 2.47. The molecule has 0 saturated heterocycles. The second-order valence-electron chi connectivity index (χ2n) is 3.75. The molecule has 102 valence electrons. The van der Waals surface area contributed by atoms with E-state index in [-0.39, 0.29) is 16.3 Å². The van der Waals surface area contributed by atoms with Crippen molar-refractivity contribution in [2.45, 2.75) is 9.79 Å². The van der Waals surface area contributed by atoms with Crippen molar-refractivity contribution in [1.29, 1.82) is 0 Å². The zero-order chi connectivity index (χ0) is 14.7. The Balaban J connectivity index is 2.49. The van der Waals surface area contributed by atoms with Crippen molar-refractivity contribution in [2.24, 2.45) is 0 Å². The maximum Gasteiger partial charge on any atom is 0.336 e. The molecule has 0 bridgehead atoms. The summed E-state index contributed by atoms with van der Waals surface area (Å²) in [6.45, 7) is 0. The van der Waals surface area contributed by atoms with E-state index in [0.717, 1.165) is 11.8 Å². The third-order valence-corrected chi connectivity index (χ3v) is 3.90. The monoisotopic (exact) mass is 309 g/mol. The van der Waals surface area contributed by atoms with Gasteiger partial charge in [-0.05, 0) is 24.3 Å². The van der Waals surface area contributed by atoms with Gasteiger partial charge in [-0.25, -0.2) is 4.79 Å². The molecule has 0 radical (unpaired) electrons. The van der Waals surface area contributed by atoms with E-state index < -0.39 is 10.9 Å². The highest BCUT2D eigenvalue weighted by atomic mass is 35.5. The first-order valence-corrected chi connectivity index (χ1v) is 6.63. The number of carbonyl (C=O) groups is 1. The van der Waals surface area contributed by atoms with Crippen molar-refractivity contribution in [2.75, 3.05) is 0 Å². The Labute approximate surface area is 123 Å². The van der Waals surface area contributed by atoms with Gasteiger partial charge in [-0.3, -0.25) is 10.1 Å². The van der Waals surface area contributed by atoms with Crippen molar-refractivity contribution < 1.29 is 14.8 Å². The normalized spacial score (nSPS) is 10.2. The SMILES string of the molecule is O=C(O)c1ccccc1Sc1cccc(Cl)c1[N+](=O)[O-]. The molecule has 0 spiro atoms. The minimum absolute atomic E-state index is 0.0211. The Bertz CT molecular complexity index is 690. The number of aromatic carboxylic acids is 1. The Morgan fingerprint density at radius 2 is 1.80 bits per heavy atom. The van der Waals surface area contributed by atoms with E-state index in [9.17, 15) is 14.9 Å². The van der Waals surface area contributed by atoms with Crippen molar-refractivity contribution in [3.05, 3.63) is 63.2 Å². The first kappa shape index (κ1) is 14.4. The maximum atomic E-state index is 11.1. The van der Waals surface area contributed by atoms with Gasteiger partial charge in [0.15, 0.2) is 0 Å². The summed E-state index contributed by atoms with van der Waals surface area (Å²) in [5, 5.41) is 20.2. The quantitative estimate of drug-likeness (QED) is 0.679. The summed E-state index contributed by atoms with van der Waals surface area (Å²) in [5.41, 5.74) is -0.133. The number of para-hydroxylation sites is 1. The molecule has 0 aliphatic heterocycles. The highest BCUT2D eigenvalue weighted by molar-refractivity contribution is 7.99. The molecule has 0 aliphatic rings. The smallest absolute Gasteiger partial charge is 0.336 e. The fraction of sp³-hybridized carbons (Fsp3) is 0. The van der Waals surface area contributed by atoms with Gasteiger partial charge < -0.3 is 5.11 Å². The molecule has 0 saturated carbocycles. The molecule has 0 amide bonds. The molecule has 0 atom stereocenters. The summed E-state index contributed by atoms with van der Waals surface area (Å²) in [5.74, 6) is -1.09. The number of hydrogen-bond acceptors (Lipinski definition) is 4. The predicted molar refractivity (Wildman–Crippen MR) is 75.6 cm³/mol. The Morgan fingerprint density at radius 3 is 2.45 bits per heavy atom. The van der Waals surface area contributed by atoms with Gasteiger partial charge in [-0.1, -0.05) is 41.6 Å². The average Bonchev–Trinajstić information content (AvgIpc) is 2.38. The third kappa shape index (κ3) is 2.92. The fourth-order valence-electron chi connectivity index (χ4n) is 1.61. The summed E-state index contributed by atoms with van der Waals surface area (Å²) >= 11 is 6.83. The number of carboxylic acid groups (broad SMARTS) is 1. The Kier molecular flexibility index (Phi) is 4.26. The number of benzene rings is 2. The first-order valence-electron chi connectivity index (χ1n) is 5.44. The van der Waals surface area contributed by atoms with Crippen molar-refractivity contribution in [3.8, 4) is 0 Å². The molecule has 7 heteroatoms. The van der Waals surface area contributed by atoms with E-state index in [0.29, 0.717) is 9.79 Å². The van der Waals surface area contributed by atoms with Gasteiger partial charge in [-0.2, -0.15) is 0 Å². The van der Waals surface area contributed by atoms with E-state index in [1.165, 1.54) is 18.2 Å². The van der Waals surface area contributed by atoms with Gasteiger partial charge in [-0.15, -0.1) is 0 Å². The molecule has 0 aromatic heterocycles. The minimum atomic E-state index is -1.09. The van der Waals surface area contributed by atoms with Crippen LogP contribution in [-0.2, 0) is 0 Å². The highest BCUT2D eigenvalue weighted by Gasteiger charge is 2.20. The van der Waals surface area contributed by atoms with Crippen LogP contribution in [0.25, 0.3) is 0 Å². The second kappa shape index (κ2) is 5.94. The second-order valence-corrected chi connectivity index (χ2v) is 5.24. The van der Waals surface area contributed by atoms with Gasteiger partial charge in [0, 0.05) is 4.90 Å². The van der Waals surface area contributed by atoms with Crippen LogP contribution in [0, 0.1) is 10.1 Å². The van der Waals surface area contributed by atoms with Crippen LogP contribution in [0.5, 0.6) is 0 Å². The number of carboxylic acids is 1. The lowest BCUT2D eigenvalue weighted by atomic mass is 10.2. The van der Waals surface area contributed by atoms with Gasteiger partial charge in [0.2, 0.25) is 0 Å². The van der Waals surface area contributed by atoms with E-state index in [1.807, 2.05) is 0 Å². The number of hydrogen-bond donors (Lipinski definition) is 1. The van der Waals surface area contributed by atoms with Gasteiger partial charge in [0.05, 0.1) is 15.4 Å². The lowest BCUT2D eigenvalue weighted by molar-refractivity contribution is -0.387. The molecule has 20 heavy (non-hydrogen) atoms. The summed E-state index contributed by atoms with van der Waals surface area (Å²) in [7, 11) is 0. The Hall–Kier alpha value is -2.05. The molecule has 2 rings (SSSR count). The molecule has 1 N–H and O–H groups in total. The van der Waals surface area contributed by atoms with Crippen molar-refractivity contribution in [1.82, 2.24) is 0 Å². The van der Waals surface area contributed by atoms with Gasteiger partial charge in [0.25, 0.3) is 0 Å². The van der Waals surface area contributed by atoms with Crippen LogP contribution in [0.4, 0.5) is 5.69 Å². The maximum absolute atomic E-state index is 11.1. The lowest BCUT2D eigenvalue weighted by Gasteiger charge is -2.06. The van der Waals surface area contributed by atoms with E-state index in [1.54, 1.807) is 24.3 Å². The topological polar surface area (TPSA) is 80.4 Å². The first-order chi connectivity index (χ1) is 9.50. The van der Waals surface area contributed by atoms with Gasteiger partial charge in [0.1, 0.15) is 5.02 Å². The summed E-state index contributed by atoms with van der Waals surface area (Å²) in [6, 6.07) is 10.9. The van der Waals surface area contributed by atoms with Gasteiger partial charge >= 0.3 is 11.7 Å². The van der Waals surface area contributed by atoms with Crippen LogP contribution in [-0.4, -0.2) is 16.0 Å². The van der Waals surface area contributed by atoms with Crippen LogP contribution in [0.15, 0.2) is 52.3 Å². The largest absolute Gasteiger partial charge is 0.478 e. The van der Waals surface area contributed by atoms with Crippen LogP contribution in [0.2, 0.25) is 5.02 Å². The molecule has 2 aromatic carbocycles. The summed E-state index contributed by atoms with van der Waals surface area (Å²) in [6.07, 6.45) is 0. The van der Waals surface area contributed by atoms with E-state index in [4.69, 9.17) is 16.7 Å². The van der Waals surface area contributed by atoms with Crippen LogP contribution >= 0.6 is 23.4 Å². The van der Waals surface area contributed by atoms with Crippen LogP contribution < -0.4 is 0 Å². The van der Waals surface area contributed by atoms with Crippen molar-refractivity contribution >= 4 is 35.0 Å². The molecule has 0 unspecified atom stereocenters. The standard InChI is InChI=1S/C13H8ClNO4S/c14-9-5-3-7-11(12(9)15(18)19)20-10-6-2-1-4-8(10)13(16)17/h1-7H,(H,16,17). The number of nitro benzene ring substituents is 1. The average molecular weight is 310 g/mol. The number of nitro groups is 1. The van der Waals surface area contributed by atoms with Crippen molar-refractivity contribution in [3.63, 3.8) is 0 Å². The number of rotatable bonds is 4. The predicted octanol–water partition coefficient (Wildman–Crippen LogP) is 4.10. The molecule has 0 aliphatic carbocycles. The van der Waals surface area contributed by atoms with E-state index >= 15 is 0 Å². The Morgan fingerprint density at radius 1 is 1.15 bits per heavy atom. The lowest BCUT2D eigenvalue weighted by Crippen LogP contribution is -1.98. The fourth-order valence-corrected chi connectivity index (χ4v) is 2.98. The number of halogens is 1.